The van der Waals surface area contributed by atoms with Crippen LogP contribution in [0.25, 0.3) is 0 Å². The summed E-state index contributed by atoms with van der Waals surface area (Å²) in [6, 6.07) is 5.05. The minimum atomic E-state index is -4.67. The van der Waals surface area contributed by atoms with Crippen molar-refractivity contribution in [2.75, 3.05) is 20.1 Å². The lowest BCUT2D eigenvalue weighted by molar-refractivity contribution is -0.274. The van der Waals surface area contributed by atoms with E-state index in [-0.39, 0.29) is 5.75 Å². The zero-order chi connectivity index (χ0) is 14.8. The molecule has 2 rings (SSSR count). The molecule has 0 aromatic heterocycles. The van der Waals surface area contributed by atoms with Crippen LogP contribution in [0.5, 0.6) is 5.75 Å². The Kier molecular flexibility index (Phi) is 4.93. The van der Waals surface area contributed by atoms with Crippen LogP contribution in [0.3, 0.4) is 0 Å². The van der Waals surface area contributed by atoms with Gasteiger partial charge in [-0.3, -0.25) is 0 Å². The van der Waals surface area contributed by atoms with Crippen LogP contribution in [0.2, 0.25) is 0 Å². The summed E-state index contributed by atoms with van der Waals surface area (Å²) in [5, 5.41) is 3.40. The van der Waals surface area contributed by atoms with Crippen molar-refractivity contribution in [1.29, 1.82) is 0 Å². The fraction of sp³-hybridized carbons (Fsp3) is 0.538. The largest absolute Gasteiger partial charge is 0.573 e. The molecular formula is C13H16BrF3N2O. The van der Waals surface area contributed by atoms with E-state index >= 15 is 0 Å². The Morgan fingerprint density at radius 3 is 2.75 bits per heavy atom. The number of nitrogens with zero attached hydrogens (tertiary/aromatic N) is 1. The Labute approximate surface area is 124 Å². The van der Waals surface area contributed by atoms with Gasteiger partial charge in [0.1, 0.15) is 5.75 Å². The van der Waals surface area contributed by atoms with E-state index in [9.17, 15) is 13.2 Å². The zero-order valence-corrected chi connectivity index (χ0v) is 12.6. The van der Waals surface area contributed by atoms with Crippen LogP contribution in [0.4, 0.5) is 13.2 Å². The van der Waals surface area contributed by atoms with Crippen molar-refractivity contribution in [2.45, 2.75) is 25.4 Å². The third kappa shape index (κ3) is 4.64. The van der Waals surface area contributed by atoms with E-state index < -0.39 is 6.36 Å². The van der Waals surface area contributed by atoms with Crippen LogP contribution in [0.15, 0.2) is 22.7 Å². The molecule has 0 radical (unpaired) electrons. The van der Waals surface area contributed by atoms with E-state index in [1.165, 1.54) is 6.07 Å². The fourth-order valence-electron chi connectivity index (χ4n) is 2.23. The molecule has 3 nitrogen and oxygen atoms in total. The van der Waals surface area contributed by atoms with Crippen molar-refractivity contribution in [2.24, 2.45) is 0 Å². The number of nitrogens with one attached hydrogen (secondary N) is 1. The molecule has 1 saturated heterocycles. The minimum Gasteiger partial charge on any atom is -0.405 e. The molecule has 0 aliphatic carbocycles. The molecule has 0 amide bonds. The first-order chi connectivity index (χ1) is 9.33. The lowest BCUT2D eigenvalue weighted by atomic mass is 10.2. The van der Waals surface area contributed by atoms with Crippen LogP contribution in [-0.4, -0.2) is 37.4 Å². The van der Waals surface area contributed by atoms with Crippen molar-refractivity contribution >= 4 is 15.9 Å². The van der Waals surface area contributed by atoms with Gasteiger partial charge in [0.2, 0.25) is 0 Å². The topological polar surface area (TPSA) is 24.5 Å². The highest BCUT2D eigenvalue weighted by molar-refractivity contribution is 9.10. The fourth-order valence-corrected chi connectivity index (χ4v) is 2.73. The van der Waals surface area contributed by atoms with Gasteiger partial charge in [0.15, 0.2) is 0 Å². The maximum Gasteiger partial charge on any atom is 0.573 e. The van der Waals surface area contributed by atoms with Crippen LogP contribution in [0.1, 0.15) is 12.0 Å². The Hall–Kier alpha value is -0.790. The van der Waals surface area contributed by atoms with Gasteiger partial charge in [-0.2, -0.15) is 0 Å². The SMILES string of the molecule is CN1CCC(NCc2ccc(OC(F)(F)F)c(Br)c2)C1. The predicted octanol–water partition coefficient (Wildman–Crippen LogP) is 3.14. The van der Waals surface area contributed by atoms with Gasteiger partial charge in [0.05, 0.1) is 4.47 Å². The normalized spacial score (nSPS) is 20.4. The number of hydrogen-bond acceptors (Lipinski definition) is 3. The smallest absolute Gasteiger partial charge is 0.405 e. The molecule has 1 heterocycles. The molecular weight excluding hydrogens is 337 g/mol. The molecule has 0 saturated carbocycles. The van der Waals surface area contributed by atoms with Gasteiger partial charge in [-0.05, 0) is 53.6 Å². The second-order valence-corrected chi connectivity index (χ2v) is 5.80. The van der Waals surface area contributed by atoms with E-state index in [0.29, 0.717) is 17.1 Å². The molecule has 1 atom stereocenters. The molecule has 1 aromatic rings. The number of benzene rings is 1. The van der Waals surface area contributed by atoms with Crippen LogP contribution >= 0.6 is 15.9 Å². The molecule has 0 bridgehead atoms. The van der Waals surface area contributed by atoms with Crippen molar-refractivity contribution in [3.8, 4) is 5.75 Å². The third-order valence-corrected chi connectivity index (χ3v) is 3.83. The van der Waals surface area contributed by atoms with E-state index in [1.54, 1.807) is 12.1 Å². The van der Waals surface area contributed by atoms with Crippen molar-refractivity contribution < 1.29 is 17.9 Å². The lowest BCUT2D eigenvalue weighted by Gasteiger charge is -2.14. The van der Waals surface area contributed by atoms with E-state index in [1.807, 2.05) is 0 Å². The molecule has 1 fully saturated rings. The standard InChI is InChI=1S/C13H16BrF3N2O/c1-19-5-4-10(8-19)18-7-9-2-3-12(11(14)6-9)20-13(15,16)17/h2-3,6,10,18H,4-5,7-8H2,1H3. The maximum absolute atomic E-state index is 12.2. The minimum absolute atomic E-state index is 0.221. The average molecular weight is 353 g/mol. The van der Waals surface area contributed by atoms with Gasteiger partial charge in [-0.15, -0.1) is 13.2 Å². The molecule has 1 unspecified atom stereocenters. The van der Waals surface area contributed by atoms with Crippen LogP contribution < -0.4 is 10.1 Å². The molecule has 1 aliphatic heterocycles. The summed E-state index contributed by atoms with van der Waals surface area (Å²) in [7, 11) is 2.07. The number of alkyl halides is 3. The van der Waals surface area contributed by atoms with Gasteiger partial charge < -0.3 is 15.0 Å². The molecule has 112 valence electrons. The number of hydrogen-bond donors (Lipinski definition) is 1. The second-order valence-electron chi connectivity index (χ2n) is 4.94. The van der Waals surface area contributed by atoms with Crippen molar-refractivity contribution in [3.05, 3.63) is 28.2 Å². The van der Waals surface area contributed by atoms with Gasteiger partial charge in [0.25, 0.3) is 0 Å². The van der Waals surface area contributed by atoms with E-state index in [2.05, 4.69) is 37.9 Å². The molecule has 1 aliphatic rings. The summed E-state index contributed by atoms with van der Waals surface area (Å²) in [5.41, 5.74) is 0.918. The van der Waals surface area contributed by atoms with Crippen molar-refractivity contribution in [1.82, 2.24) is 10.2 Å². The first-order valence-corrected chi connectivity index (χ1v) is 7.09. The molecule has 1 aromatic carbocycles. The lowest BCUT2D eigenvalue weighted by Crippen LogP contribution is -2.30. The highest BCUT2D eigenvalue weighted by Gasteiger charge is 2.31. The summed E-state index contributed by atoms with van der Waals surface area (Å²) < 4.78 is 40.7. The molecule has 20 heavy (non-hydrogen) atoms. The number of likely N-dealkylation sites (N-methyl/N-ethyl adjacent to an activating group) is 1. The first kappa shape index (κ1) is 15.6. The Morgan fingerprint density at radius 1 is 1.45 bits per heavy atom. The van der Waals surface area contributed by atoms with Gasteiger partial charge >= 0.3 is 6.36 Å². The Bertz CT molecular complexity index is 467. The summed E-state index contributed by atoms with van der Waals surface area (Å²) in [4.78, 5) is 2.24. The summed E-state index contributed by atoms with van der Waals surface area (Å²) in [5.74, 6) is -0.221. The number of ether oxygens (including phenoxy) is 1. The van der Waals surface area contributed by atoms with E-state index in [0.717, 1.165) is 25.1 Å². The number of rotatable bonds is 4. The quantitative estimate of drug-likeness (QED) is 0.900. The highest BCUT2D eigenvalue weighted by Crippen LogP contribution is 2.31. The number of likely N-dealkylation sites (tertiary alicyclic amines) is 1. The zero-order valence-electron chi connectivity index (χ0n) is 11.0. The van der Waals surface area contributed by atoms with Crippen LogP contribution in [-0.2, 0) is 6.54 Å². The Balaban J connectivity index is 1.92. The van der Waals surface area contributed by atoms with E-state index in [4.69, 9.17) is 0 Å². The maximum atomic E-state index is 12.2. The van der Waals surface area contributed by atoms with Crippen LogP contribution in [0, 0.1) is 0 Å². The molecule has 0 spiro atoms. The van der Waals surface area contributed by atoms with Gasteiger partial charge in [0, 0.05) is 19.1 Å². The second kappa shape index (κ2) is 6.32. The molecule has 1 N–H and O–H groups in total. The average Bonchev–Trinajstić information content (AvgIpc) is 2.74. The molecule has 7 heteroatoms. The predicted molar refractivity (Wildman–Crippen MR) is 73.6 cm³/mol. The van der Waals surface area contributed by atoms with Crippen molar-refractivity contribution in [3.63, 3.8) is 0 Å². The third-order valence-electron chi connectivity index (χ3n) is 3.21. The monoisotopic (exact) mass is 352 g/mol. The Morgan fingerprint density at radius 2 is 2.20 bits per heavy atom. The highest BCUT2D eigenvalue weighted by atomic mass is 79.9. The summed E-state index contributed by atoms with van der Waals surface area (Å²) in [6.45, 7) is 2.69. The number of halogens is 4. The summed E-state index contributed by atoms with van der Waals surface area (Å²) in [6.07, 6.45) is -3.58. The van der Waals surface area contributed by atoms with Gasteiger partial charge in [-0.1, -0.05) is 6.07 Å². The summed E-state index contributed by atoms with van der Waals surface area (Å²) >= 11 is 3.10. The first-order valence-electron chi connectivity index (χ1n) is 6.29. The van der Waals surface area contributed by atoms with Gasteiger partial charge in [-0.25, -0.2) is 0 Å².